The van der Waals surface area contributed by atoms with Crippen LogP contribution in [0, 0.1) is 25.5 Å². The molecule has 4 rings (SSSR count). The SMILES string of the molecule is CCOC(=O)c1cn(C2CC2)c2c(F)c(-c3cc(C)nc(C)c3)c(F)cc2c1=O. The van der Waals surface area contributed by atoms with Crippen LogP contribution in [0.25, 0.3) is 22.0 Å². The van der Waals surface area contributed by atoms with Crippen molar-refractivity contribution in [3.05, 3.63) is 63.2 Å². The molecule has 150 valence electrons. The molecule has 0 unspecified atom stereocenters. The van der Waals surface area contributed by atoms with Crippen molar-refractivity contribution in [2.45, 2.75) is 39.7 Å². The number of carbonyl (C=O) groups is 1. The Morgan fingerprint density at radius 1 is 1.21 bits per heavy atom. The number of halogens is 2. The van der Waals surface area contributed by atoms with Gasteiger partial charge in [0.25, 0.3) is 0 Å². The molecule has 29 heavy (non-hydrogen) atoms. The number of fused-ring (bicyclic) bond motifs is 1. The first-order valence-corrected chi connectivity index (χ1v) is 9.51. The van der Waals surface area contributed by atoms with Crippen LogP contribution in [-0.2, 0) is 4.74 Å². The average Bonchev–Trinajstić information content (AvgIpc) is 3.47. The highest BCUT2D eigenvalue weighted by Gasteiger charge is 2.30. The van der Waals surface area contributed by atoms with Gasteiger partial charge < -0.3 is 9.30 Å². The molecule has 1 saturated carbocycles. The zero-order valence-corrected chi connectivity index (χ0v) is 16.4. The third-order valence-corrected chi connectivity index (χ3v) is 5.01. The van der Waals surface area contributed by atoms with E-state index in [2.05, 4.69) is 4.98 Å². The molecule has 2 aromatic heterocycles. The van der Waals surface area contributed by atoms with E-state index < -0.39 is 23.0 Å². The number of benzene rings is 1. The van der Waals surface area contributed by atoms with Crippen LogP contribution < -0.4 is 5.43 Å². The molecule has 0 spiro atoms. The summed E-state index contributed by atoms with van der Waals surface area (Å²) in [4.78, 5) is 29.3. The molecule has 3 aromatic rings. The third kappa shape index (κ3) is 3.30. The standard InChI is InChI=1S/C22H20F2N2O3/c1-4-29-22(28)16-10-26(14-5-6-14)20-15(21(16)27)9-17(23)18(19(20)24)13-7-11(2)25-12(3)8-13/h7-10,14H,4-6H2,1-3H3. The number of nitrogens with zero attached hydrogens (tertiary/aromatic N) is 2. The summed E-state index contributed by atoms with van der Waals surface area (Å²) in [7, 11) is 0. The van der Waals surface area contributed by atoms with E-state index in [0.29, 0.717) is 17.0 Å². The summed E-state index contributed by atoms with van der Waals surface area (Å²) in [5.74, 6) is -2.47. The largest absolute Gasteiger partial charge is 0.462 e. The summed E-state index contributed by atoms with van der Waals surface area (Å²) in [6.45, 7) is 5.23. The van der Waals surface area contributed by atoms with Gasteiger partial charge >= 0.3 is 5.97 Å². The Balaban J connectivity index is 2.06. The number of aromatic nitrogens is 2. The summed E-state index contributed by atoms with van der Waals surface area (Å²) in [5, 5.41) is -0.163. The van der Waals surface area contributed by atoms with Crippen LogP contribution in [0.4, 0.5) is 8.78 Å². The van der Waals surface area contributed by atoms with Crippen molar-refractivity contribution in [3.8, 4) is 11.1 Å². The van der Waals surface area contributed by atoms with E-state index in [9.17, 15) is 9.59 Å². The number of pyridine rings is 2. The number of hydrogen-bond donors (Lipinski definition) is 0. The minimum absolute atomic E-state index is 0.00840. The van der Waals surface area contributed by atoms with E-state index in [4.69, 9.17) is 4.74 Å². The van der Waals surface area contributed by atoms with Crippen molar-refractivity contribution in [3.63, 3.8) is 0 Å². The van der Waals surface area contributed by atoms with Gasteiger partial charge in [-0.15, -0.1) is 0 Å². The van der Waals surface area contributed by atoms with Gasteiger partial charge in [-0.2, -0.15) is 0 Å². The predicted molar refractivity (Wildman–Crippen MR) is 105 cm³/mol. The van der Waals surface area contributed by atoms with Gasteiger partial charge in [-0.25, -0.2) is 13.6 Å². The molecule has 1 aromatic carbocycles. The topological polar surface area (TPSA) is 61.2 Å². The maximum absolute atomic E-state index is 15.7. The molecule has 2 heterocycles. The van der Waals surface area contributed by atoms with Crippen molar-refractivity contribution in [2.24, 2.45) is 0 Å². The van der Waals surface area contributed by atoms with E-state index in [1.54, 1.807) is 37.5 Å². The maximum Gasteiger partial charge on any atom is 0.343 e. The van der Waals surface area contributed by atoms with Gasteiger partial charge in [0.2, 0.25) is 5.43 Å². The number of rotatable bonds is 4. The molecule has 5 nitrogen and oxygen atoms in total. The van der Waals surface area contributed by atoms with Gasteiger partial charge in [0.05, 0.1) is 23.1 Å². The molecule has 1 fully saturated rings. The zero-order valence-electron chi connectivity index (χ0n) is 16.4. The molecule has 0 amide bonds. The first-order valence-electron chi connectivity index (χ1n) is 9.51. The second-order valence-electron chi connectivity index (χ2n) is 7.31. The molecule has 0 atom stereocenters. The van der Waals surface area contributed by atoms with E-state index in [1.807, 2.05) is 0 Å². The number of aryl methyl sites for hydroxylation is 2. The number of carbonyl (C=O) groups excluding carboxylic acids is 1. The van der Waals surface area contributed by atoms with Crippen LogP contribution in [0.5, 0.6) is 0 Å². The highest BCUT2D eigenvalue weighted by atomic mass is 19.1. The molecular weight excluding hydrogens is 378 g/mol. The second-order valence-corrected chi connectivity index (χ2v) is 7.31. The summed E-state index contributed by atoms with van der Waals surface area (Å²) in [5.41, 5.74) is 0.483. The Hall–Kier alpha value is -3.09. The number of hydrogen-bond acceptors (Lipinski definition) is 4. The van der Waals surface area contributed by atoms with Gasteiger partial charge in [-0.05, 0) is 57.4 Å². The van der Waals surface area contributed by atoms with Crippen molar-refractivity contribution >= 4 is 16.9 Å². The van der Waals surface area contributed by atoms with Crippen LogP contribution in [0.15, 0.2) is 29.2 Å². The molecule has 0 radical (unpaired) electrons. The van der Waals surface area contributed by atoms with E-state index in [1.165, 1.54) is 6.20 Å². The molecule has 7 heteroatoms. The Morgan fingerprint density at radius 2 is 1.86 bits per heavy atom. The van der Waals surface area contributed by atoms with E-state index >= 15 is 8.78 Å². The van der Waals surface area contributed by atoms with Crippen LogP contribution in [-0.4, -0.2) is 22.1 Å². The Morgan fingerprint density at radius 3 is 2.45 bits per heavy atom. The maximum atomic E-state index is 15.7. The molecule has 0 aliphatic heterocycles. The summed E-state index contributed by atoms with van der Waals surface area (Å²) >= 11 is 0. The van der Waals surface area contributed by atoms with Crippen LogP contribution >= 0.6 is 0 Å². The van der Waals surface area contributed by atoms with Gasteiger partial charge in [0.15, 0.2) is 5.82 Å². The van der Waals surface area contributed by atoms with Crippen molar-refractivity contribution in [1.29, 1.82) is 0 Å². The smallest absolute Gasteiger partial charge is 0.343 e. The van der Waals surface area contributed by atoms with Crippen LogP contribution in [0.2, 0.25) is 0 Å². The summed E-state index contributed by atoms with van der Waals surface area (Å²) in [6, 6.07) is 4.18. The van der Waals surface area contributed by atoms with Crippen LogP contribution in [0.3, 0.4) is 0 Å². The monoisotopic (exact) mass is 398 g/mol. The van der Waals surface area contributed by atoms with Gasteiger partial charge in [0, 0.05) is 23.6 Å². The zero-order chi connectivity index (χ0) is 20.9. The normalized spacial score (nSPS) is 13.7. The lowest BCUT2D eigenvalue weighted by Gasteiger charge is -2.16. The lowest BCUT2D eigenvalue weighted by molar-refractivity contribution is 0.0524. The molecule has 1 aliphatic rings. The highest BCUT2D eigenvalue weighted by molar-refractivity contribution is 5.95. The Labute approximate surface area is 166 Å². The van der Waals surface area contributed by atoms with Gasteiger partial charge in [-0.1, -0.05) is 0 Å². The minimum Gasteiger partial charge on any atom is -0.462 e. The second kappa shape index (κ2) is 7.06. The highest BCUT2D eigenvalue weighted by Crippen LogP contribution is 2.39. The molecular formula is C22H20F2N2O3. The third-order valence-electron chi connectivity index (χ3n) is 5.01. The van der Waals surface area contributed by atoms with Gasteiger partial charge in [0.1, 0.15) is 11.4 Å². The van der Waals surface area contributed by atoms with E-state index in [0.717, 1.165) is 18.9 Å². The molecule has 0 N–H and O–H groups in total. The fourth-order valence-electron chi connectivity index (χ4n) is 3.68. The summed E-state index contributed by atoms with van der Waals surface area (Å²) < 4.78 is 37.2. The first kappa shape index (κ1) is 19.2. The van der Waals surface area contributed by atoms with Gasteiger partial charge in [-0.3, -0.25) is 9.78 Å². The number of ether oxygens (including phenoxy) is 1. The Kier molecular flexibility index (Phi) is 4.68. The van der Waals surface area contributed by atoms with Crippen LogP contribution in [0.1, 0.15) is 47.6 Å². The number of esters is 1. The van der Waals surface area contributed by atoms with E-state index in [-0.39, 0.29) is 34.7 Å². The molecule has 1 aliphatic carbocycles. The summed E-state index contributed by atoms with van der Waals surface area (Å²) in [6.07, 6.45) is 2.92. The van der Waals surface area contributed by atoms with Crippen molar-refractivity contribution in [1.82, 2.24) is 9.55 Å². The first-order chi connectivity index (χ1) is 13.8. The fraction of sp³-hybridized carbons (Fsp3) is 0.318. The minimum atomic E-state index is -0.861. The lowest BCUT2D eigenvalue weighted by atomic mass is 10.00. The van der Waals surface area contributed by atoms with Crippen molar-refractivity contribution in [2.75, 3.05) is 6.61 Å². The molecule has 0 saturated heterocycles. The predicted octanol–water partition coefficient (Wildman–Crippen LogP) is 4.47. The fourth-order valence-corrected chi connectivity index (χ4v) is 3.68. The average molecular weight is 398 g/mol. The Bertz CT molecular complexity index is 1190. The lowest BCUT2D eigenvalue weighted by Crippen LogP contribution is -2.21. The molecule has 0 bridgehead atoms. The quantitative estimate of drug-likeness (QED) is 0.609. The van der Waals surface area contributed by atoms with Crippen molar-refractivity contribution < 1.29 is 18.3 Å².